The first-order chi connectivity index (χ1) is 11.7. The number of benzene rings is 2. The monoisotopic (exact) mass is 414 g/mol. The van der Waals surface area contributed by atoms with E-state index in [-0.39, 0.29) is 6.42 Å². The van der Waals surface area contributed by atoms with E-state index in [4.69, 9.17) is 5.73 Å². The van der Waals surface area contributed by atoms with Crippen LogP contribution in [0.2, 0.25) is 0 Å². The summed E-state index contributed by atoms with van der Waals surface area (Å²) in [5.41, 5.74) is 4.36. The molecule has 132 valence electrons. The number of hydrogen-bond donors (Lipinski definition) is 2. The van der Waals surface area contributed by atoms with Crippen molar-refractivity contribution >= 4 is 27.7 Å². The molecule has 0 aromatic heterocycles. The average molecular weight is 415 g/mol. The Morgan fingerprint density at radius 2 is 1.68 bits per heavy atom. The molecule has 0 bridgehead atoms. The molecular weight excluding hydrogens is 401 g/mol. The largest absolute Gasteiger partial charge is 0.417 e. The molecule has 0 saturated heterocycles. The van der Waals surface area contributed by atoms with Gasteiger partial charge in [-0.25, -0.2) is 0 Å². The molecule has 0 aliphatic rings. The van der Waals surface area contributed by atoms with Gasteiger partial charge in [-0.15, -0.1) is 0 Å². The van der Waals surface area contributed by atoms with Crippen LogP contribution in [0.15, 0.2) is 53.0 Å². The summed E-state index contributed by atoms with van der Waals surface area (Å²) in [6, 6.07) is 10.2. The number of amides is 2. The molecule has 0 aliphatic heterocycles. The Kier molecular flexibility index (Phi) is 5.84. The number of nitrogens with two attached hydrogens (primary N) is 1. The fourth-order valence-electron chi connectivity index (χ4n) is 2.24. The summed E-state index contributed by atoms with van der Waals surface area (Å²) in [6.07, 6.45) is -4.61. The molecule has 2 amide bonds. The van der Waals surface area contributed by atoms with Crippen molar-refractivity contribution < 1.29 is 22.8 Å². The van der Waals surface area contributed by atoms with Crippen molar-refractivity contribution in [1.29, 1.82) is 0 Å². The molecule has 0 heterocycles. The van der Waals surface area contributed by atoms with Gasteiger partial charge in [0.1, 0.15) is 6.04 Å². The van der Waals surface area contributed by atoms with Crippen molar-refractivity contribution in [3.05, 3.63) is 69.7 Å². The Morgan fingerprint density at radius 3 is 2.24 bits per heavy atom. The van der Waals surface area contributed by atoms with Crippen LogP contribution in [0.1, 0.15) is 21.5 Å². The normalized spacial score (nSPS) is 12.5. The second-order valence-electron chi connectivity index (χ2n) is 5.30. The molecule has 0 aliphatic carbocycles. The van der Waals surface area contributed by atoms with Crippen LogP contribution in [0, 0.1) is 0 Å². The highest BCUT2D eigenvalue weighted by atomic mass is 79.9. The Bertz CT molecular complexity index is 776. The summed E-state index contributed by atoms with van der Waals surface area (Å²) >= 11 is 3.27. The van der Waals surface area contributed by atoms with Crippen LogP contribution in [-0.2, 0) is 17.4 Å². The predicted octanol–water partition coefficient (Wildman–Crippen LogP) is 3.29. The standard InChI is InChI=1S/C17H14BrF3N2O2/c18-11-7-5-10(6-8-11)9-14(15(22)24)23-16(25)12-3-1-2-4-13(12)17(19,20)21/h1-8,14H,9H2,(H2,22,24)(H,23,25)/t14-/m1/s1. The third-order valence-corrected chi connectivity index (χ3v) is 4.01. The van der Waals surface area contributed by atoms with E-state index in [2.05, 4.69) is 21.2 Å². The number of carbonyl (C=O) groups is 2. The number of carbonyl (C=O) groups excluding carboxylic acids is 2. The van der Waals surface area contributed by atoms with Crippen molar-refractivity contribution in [2.45, 2.75) is 18.6 Å². The maximum atomic E-state index is 13.0. The number of halogens is 4. The van der Waals surface area contributed by atoms with Gasteiger partial charge in [0, 0.05) is 10.9 Å². The number of nitrogens with one attached hydrogen (secondary N) is 1. The zero-order valence-corrected chi connectivity index (χ0v) is 14.4. The minimum Gasteiger partial charge on any atom is -0.368 e. The van der Waals surface area contributed by atoms with E-state index in [0.717, 1.165) is 16.6 Å². The second kappa shape index (κ2) is 7.69. The Hall–Kier alpha value is -2.35. The smallest absolute Gasteiger partial charge is 0.368 e. The van der Waals surface area contributed by atoms with Crippen LogP contribution in [0.3, 0.4) is 0 Å². The van der Waals surface area contributed by atoms with E-state index in [1.807, 2.05) is 0 Å². The molecule has 2 aromatic rings. The number of alkyl halides is 3. The molecule has 8 heteroatoms. The molecule has 0 saturated carbocycles. The van der Waals surface area contributed by atoms with Gasteiger partial charge in [-0.3, -0.25) is 9.59 Å². The zero-order valence-electron chi connectivity index (χ0n) is 12.8. The van der Waals surface area contributed by atoms with Gasteiger partial charge in [-0.2, -0.15) is 13.2 Å². The van der Waals surface area contributed by atoms with E-state index in [0.29, 0.717) is 5.56 Å². The van der Waals surface area contributed by atoms with Gasteiger partial charge in [-0.05, 0) is 29.8 Å². The van der Waals surface area contributed by atoms with Crippen LogP contribution in [-0.4, -0.2) is 17.9 Å². The van der Waals surface area contributed by atoms with Gasteiger partial charge in [-0.1, -0.05) is 40.2 Å². The minimum absolute atomic E-state index is 0.0720. The highest BCUT2D eigenvalue weighted by Gasteiger charge is 2.35. The molecule has 0 radical (unpaired) electrons. The van der Waals surface area contributed by atoms with E-state index >= 15 is 0 Å². The molecule has 0 spiro atoms. The fourth-order valence-corrected chi connectivity index (χ4v) is 2.51. The first-order valence-corrected chi connectivity index (χ1v) is 7.98. The Balaban J connectivity index is 2.21. The van der Waals surface area contributed by atoms with Crippen molar-refractivity contribution in [3.63, 3.8) is 0 Å². The SMILES string of the molecule is NC(=O)[C@@H](Cc1ccc(Br)cc1)NC(=O)c1ccccc1C(F)(F)F. The first-order valence-electron chi connectivity index (χ1n) is 7.19. The first kappa shape index (κ1) is 19.0. The average Bonchev–Trinajstić information content (AvgIpc) is 2.55. The fraction of sp³-hybridized carbons (Fsp3) is 0.176. The minimum atomic E-state index is -4.68. The molecule has 0 unspecified atom stereocenters. The van der Waals surface area contributed by atoms with E-state index in [1.165, 1.54) is 12.1 Å². The van der Waals surface area contributed by atoms with Crippen molar-refractivity contribution in [3.8, 4) is 0 Å². The van der Waals surface area contributed by atoms with Crippen LogP contribution >= 0.6 is 15.9 Å². The van der Waals surface area contributed by atoms with Crippen LogP contribution in [0.25, 0.3) is 0 Å². The van der Waals surface area contributed by atoms with Crippen molar-refractivity contribution in [1.82, 2.24) is 5.32 Å². The van der Waals surface area contributed by atoms with Gasteiger partial charge < -0.3 is 11.1 Å². The Labute approximate surface area is 150 Å². The van der Waals surface area contributed by atoms with E-state index < -0.39 is 35.2 Å². The van der Waals surface area contributed by atoms with Gasteiger partial charge in [0.15, 0.2) is 0 Å². The summed E-state index contributed by atoms with van der Waals surface area (Å²) in [5, 5.41) is 2.28. The van der Waals surface area contributed by atoms with Crippen molar-refractivity contribution in [2.75, 3.05) is 0 Å². The summed E-state index contributed by atoms with van der Waals surface area (Å²) in [7, 11) is 0. The van der Waals surface area contributed by atoms with Gasteiger partial charge in [0.05, 0.1) is 11.1 Å². The summed E-state index contributed by atoms with van der Waals surface area (Å²) in [5.74, 6) is -1.84. The summed E-state index contributed by atoms with van der Waals surface area (Å²) < 4.78 is 39.9. The number of primary amides is 1. The molecule has 25 heavy (non-hydrogen) atoms. The third kappa shape index (κ3) is 5.06. The van der Waals surface area contributed by atoms with E-state index in [1.54, 1.807) is 24.3 Å². The zero-order chi connectivity index (χ0) is 18.6. The quantitative estimate of drug-likeness (QED) is 0.787. The number of rotatable bonds is 5. The lowest BCUT2D eigenvalue weighted by atomic mass is 10.0. The lowest BCUT2D eigenvalue weighted by Gasteiger charge is -2.18. The van der Waals surface area contributed by atoms with Crippen LogP contribution < -0.4 is 11.1 Å². The molecule has 0 fully saturated rings. The molecule has 1 atom stereocenters. The van der Waals surface area contributed by atoms with Gasteiger partial charge in [0.2, 0.25) is 5.91 Å². The maximum absolute atomic E-state index is 13.0. The highest BCUT2D eigenvalue weighted by Crippen LogP contribution is 2.31. The lowest BCUT2D eigenvalue weighted by Crippen LogP contribution is -2.46. The maximum Gasteiger partial charge on any atom is 0.417 e. The molecular formula is C17H14BrF3N2O2. The predicted molar refractivity (Wildman–Crippen MR) is 89.7 cm³/mol. The third-order valence-electron chi connectivity index (χ3n) is 3.48. The van der Waals surface area contributed by atoms with Crippen LogP contribution in [0.5, 0.6) is 0 Å². The second-order valence-corrected chi connectivity index (χ2v) is 6.22. The Morgan fingerprint density at radius 1 is 1.08 bits per heavy atom. The van der Waals surface area contributed by atoms with Crippen LogP contribution in [0.4, 0.5) is 13.2 Å². The van der Waals surface area contributed by atoms with Gasteiger partial charge in [0.25, 0.3) is 5.91 Å². The molecule has 4 nitrogen and oxygen atoms in total. The molecule has 3 N–H and O–H groups in total. The summed E-state index contributed by atoms with van der Waals surface area (Å²) in [4.78, 5) is 23.8. The molecule has 2 rings (SSSR count). The molecule has 2 aromatic carbocycles. The van der Waals surface area contributed by atoms with Gasteiger partial charge >= 0.3 is 6.18 Å². The van der Waals surface area contributed by atoms with Crippen molar-refractivity contribution in [2.24, 2.45) is 5.73 Å². The van der Waals surface area contributed by atoms with E-state index in [9.17, 15) is 22.8 Å². The lowest BCUT2D eigenvalue weighted by molar-refractivity contribution is -0.137. The highest BCUT2D eigenvalue weighted by molar-refractivity contribution is 9.10. The summed E-state index contributed by atoms with van der Waals surface area (Å²) in [6.45, 7) is 0. The topological polar surface area (TPSA) is 72.2 Å². The number of hydrogen-bond acceptors (Lipinski definition) is 2.